The lowest BCUT2D eigenvalue weighted by Crippen LogP contribution is -1.99. The molecule has 0 saturated heterocycles. The number of benzene rings is 2. The monoisotopic (exact) mass is 294 g/mol. The molecular weight excluding hydrogens is 276 g/mol. The number of rotatable bonds is 5. The Labute approximate surface area is 129 Å². The molecule has 1 N–H and O–H groups in total. The zero-order valence-electron chi connectivity index (χ0n) is 12.0. The normalized spacial score (nSPS) is 10.5. The van der Waals surface area contributed by atoms with Gasteiger partial charge in [-0.25, -0.2) is 4.98 Å². The van der Waals surface area contributed by atoms with Crippen LogP contribution >= 0.6 is 11.3 Å². The van der Waals surface area contributed by atoms with Gasteiger partial charge >= 0.3 is 0 Å². The maximum atomic E-state index is 4.56. The van der Waals surface area contributed by atoms with Gasteiger partial charge in [0.2, 0.25) is 0 Å². The Bertz CT molecular complexity index is 687. The fourth-order valence-electron chi connectivity index (χ4n) is 2.20. The molecule has 0 amide bonds. The number of aromatic nitrogens is 1. The molecule has 3 heteroatoms. The number of hydrogen-bond donors (Lipinski definition) is 1. The highest BCUT2D eigenvalue weighted by atomic mass is 32.1. The lowest BCUT2D eigenvalue weighted by molar-refractivity contribution is 1.01. The van der Waals surface area contributed by atoms with Gasteiger partial charge in [0.1, 0.15) is 0 Å². The van der Waals surface area contributed by atoms with E-state index in [4.69, 9.17) is 0 Å². The Morgan fingerprint density at radius 2 is 1.67 bits per heavy atom. The summed E-state index contributed by atoms with van der Waals surface area (Å²) in [6, 6.07) is 19.0. The topological polar surface area (TPSA) is 24.9 Å². The molecule has 106 valence electrons. The highest BCUT2D eigenvalue weighted by molar-refractivity contribution is 7.09. The van der Waals surface area contributed by atoms with Crippen molar-refractivity contribution < 1.29 is 0 Å². The van der Waals surface area contributed by atoms with Crippen molar-refractivity contribution in [1.29, 1.82) is 0 Å². The number of aryl methyl sites for hydroxylation is 1. The minimum Gasteiger partial charge on any atom is -0.379 e. The average Bonchev–Trinajstić information content (AvgIpc) is 3.02. The molecule has 0 radical (unpaired) electrons. The van der Waals surface area contributed by atoms with E-state index < -0.39 is 0 Å². The minimum absolute atomic E-state index is 0.779. The van der Waals surface area contributed by atoms with Crippen LogP contribution in [0.5, 0.6) is 0 Å². The summed E-state index contributed by atoms with van der Waals surface area (Å²) in [5.74, 6) is 0. The first-order chi connectivity index (χ1) is 10.3. The van der Waals surface area contributed by atoms with E-state index in [1.54, 1.807) is 11.3 Å². The van der Waals surface area contributed by atoms with Gasteiger partial charge in [-0.05, 0) is 29.7 Å². The van der Waals surface area contributed by atoms with Gasteiger partial charge in [-0.15, -0.1) is 11.3 Å². The Morgan fingerprint density at radius 3 is 2.33 bits per heavy atom. The van der Waals surface area contributed by atoms with E-state index in [0.29, 0.717) is 0 Å². The van der Waals surface area contributed by atoms with E-state index in [1.807, 2.05) is 6.07 Å². The first-order valence-electron chi connectivity index (χ1n) is 7.18. The van der Waals surface area contributed by atoms with Gasteiger partial charge in [-0.1, -0.05) is 49.4 Å². The lowest BCUT2D eigenvalue weighted by Gasteiger charge is -2.06. The SMILES string of the molecule is CCc1nc(CNc2ccc(-c3ccccc3)cc2)cs1. The van der Waals surface area contributed by atoms with Crippen LogP contribution < -0.4 is 5.32 Å². The number of hydrogen-bond acceptors (Lipinski definition) is 3. The Kier molecular flexibility index (Phi) is 4.31. The molecule has 0 bridgehead atoms. The second-order valence-electron chi connectivity index (χ2n) is 4.88. The molecule has 0 fully saturated rings. The van der Waals surface area contributed by atoms with E-state index >= 15 is 0 Å². The molecule has 3 aromatic rings. The summed E-state index contributed by atoms with van der Waals surface area (Å²) < 4.78 is 0. The second kappa shape index (κ2) is 6.55. The fourth-order valence-corrected chi connectivity index (χ4v) is 2.94. The smallest absolute Gasteiger partial charge is 0.0926 e. The molecule has 0 saturated carbocycles. The summed E-state index contributed by atoms with van der Waals surface area (Å²) in [4.78, 5) is 4.56. The van der Waals surface area contributed by atoms with Crippen LogP contribution in [-0.2, 0) is 13.0 Å². The second-order valence-corrected chi connectivity index (χ2v) is 5.83. The van der Waals surface area contributed by atoms with Crippen molar-refractivity contribution in [2.75, 3.05) is 5.32 Å². The Hall–Kier alpha value is -2.13. The summed E-state index contributed by atoms with van der Waals surface area (Å²) >= 11 is 1.73. The predicted octanol–water partition coefficient (Wildman–Crippen LogP) is 4.98. The van der Waals surface area contributed by atoms with Crippen LogP contribution in [0.1, 0.15) is 17.6 Å². The first-order valence-corrected chi connectivity index (χ1v) is 8.06. The third kappa shape index (κ3) is 3.50. The zero-order chi connectivity index (χ0) is 14.5. The summed E-state index contributed by atoms with van der Waals surface area (Å²) in [6.45, 7) is 2.92. The van der Waals surface area contributed by atoms with Crippen LogP contribution in [-0.4, -0.2) is 4.98 Å². The van der Waals surface area contributed by atoms with Gasteiger partial charge in [-0.2, -0.15) is 0 Å². The van der Waals surface area contributed by atoms with Crippen molar-refractivity contribution in [1.82, 2.24) is 4.98 Å². The van der Waals surface area contributed by atoms with Crippen LogP contribution in [0, 0.1) is 0 Å². The van der Waals surface area contributed by atoms with Crippen molar-refractivity contribution in [3.63, 3.8) is 0 Å². The molecular formula is C18H18N2S. The Balaban J connectivity index is 1.64. The molecule has 1 aromatic heterocycles. The summed E-state index contributed by atoms with van der Waals surface area (Å²) in [7, 11) is 0. The van der Waals surface area contributed by atoms with Gasteiger partial charge in [0.15, 0.2) is 0 Å². The Morgan fingerprint density at radius 1 is 0.952 bits per heavy atom. The number of nitrogens with zero attached hydrogens (tertiary/aromatic N) is 1. The van der Waals surface area contributed by atoms with Gasteiger partial charge in [0, 0.05) is 11.1 Å². The van der Waals surface area contributed by atoms with Crippen LogP contribution in [0.25, 0.3) is 11.1 Å². The average molecular weight is 294 g/mol. The van der Waals surface area contributed by atoms with Gasteiger partial charge in [0.05, 0.1) is 17.2 Å². The van der Waals surface area contributed by atoms with Crippen molar-refractivity contribution in [3.05, 3.63) is 70.7 Å². The molecule has 1 heterocycles. The quantitative estimate of drug-likeness (QED) is 0.717. The standard InChI is InChI=1S/C18H18N2S/c1-2-18-20-17(13-21-18)12-19-16-10-8-15(9-11-16)14-6-4-3-5-7-14/h3-11,13,19H,2,12H2,1H3. The fraction of sp³-hybridized carbons (Fsp3) is 0.167. The molecule has 2 nitrogen and oxygen atoms in total. The van der Waals surface area contributed by atoms with E-state index in [2.05, 4.69) is 71.1 Å². The molecule has 3 rings (SSSR count). The molecule has 0 unspecified atom stereocenters. The molecule has 0 spiro atoms. The molecule has 0 atom stereocenters. The summed E-state index contributed by atoms with van der Waals surface area (Å²) in [5, 5.41) is 6.75. The number of thiazole rings is 1. The van der Waals surface area contributed by atoms with E-state index in [1.165, 1.54) is 16.1 Å². The van der Waals surface area contributed by atoms with Crippen LogP contribution in [0.2, 0.25) is 0 Å². The third-order valence-electron chi connectivity index (χ3n) is 3.37. The van der Waals surface area contributed by atoms with Crippen molar-refractivity contribution >= 4 is 17.0 Å². The highest BCUT2D eigenvalue weighted by Crippen LogP contribution is 2.21. The number of nitrogens with one attached hydrogen (secondary N) is 1. The van der Waals surface area contributed by atoms with Gasteiger partial charge < -0.3 is 5.32 Å². The molecule has 0 aliphatic carbocycles. The largest absolute Gasteiger partial charge is 0.379 e. The zero-order valence-corrected chi connectivity index (χ0v) is 12.9. The summed E-state index contributed by atoms with van der Waals surface area (Å²) in [5.41, 5.74) is 4.73. The maximum absolute atomic E-state index is 4.56. The number of anilines is 1. The minimum atomic E-state index is 0.779. The van der Waals surface area contributed by atoms with Crippen molar-refractivity contribution in [2.24, 2.45) is 0 Å². The predicted molar refractivity (Wildman–Crippen MR) is 90.7 cm³/mol. The molecule has 21 heavy (non-hydrogen) atoms. The molecule has 0 aliphatic rings. The maximum Gasteiger partial charge on any atom is 0.0926 e. The molecule has 2 aromatic carbocycles. The van der Waals surface area contributed by atoms with Crippen LogP contribution in [0.3, 0.4) is 0 Å². The molecule has 0 aliphatic heterocycles. The van der Waals surface area contributed by atoms with Crippen molar-refractivity contribution in [2.45, 2.75) is 19.9 Å². The van der Waals surface area contributed by atoms with Crippen LogP contribution in [0.15, 0.2) is 60.0 Å². The highest BCUT2D eigenvalue weighted by Gasteiger charge is 2.01. The van der Waals surface area contributed by atoms with Crippen LogP contribution in [0.4, 0.5) is 5.69 Å². The first kappa shape index (κ1) is 13.8. The van der Waals surface area contributed by atoms with Gasteiger partial charge in [-0.3, -0.25) is 0 Å². The van der Waals surface area contributed by atoms with E-state index in [9.17, 15) is 0 Å². The van der Waals surface area contributed by atoms with E-state index in [-0.39, 0.29) is 0 Å². The summed E-state index contributed by atoms with van der Waals surface area (Å²) in [6.07, 6.45) is 1.01. The third-order valence-corrected chi connectivity index (χ3v) is 4.41. The van der Waals surface area contributed by atoms with Gasteiger partial charge in [0.25, 0.3) is 0 Å². The van der Waals surface area contributed by atoms with Crippen molar-refractivity contribution in [3.8, 4) is 11.1 Å². The lowest BCUT2D eigenvalue weighted by atomic mass is 10.1. The van der Waals surface area contributed by atoms with E-state index in [0.717, 1.165) is 24.3 Å².